The van der Waals surface area contributed by atoms with Crippen LogP contribution < -0.4 is 0 Å². The summed E-state index contributed by atoms with van der Waals surface area (Å²) in [6, 6.07) is 1.72. The molecule has 10 heavy (non-hydrogen) atoms. The number of oxime groups is 1. The molecule has 5 heteroatoms. The molecule has 2 rings (SSSR count). The standard InChI is InChI=1S/C3H3NO.C2H3NOS/c1-2-4-5-3-1;1-2-5-4-3-1/h1-3H;1H,2H2. The summed E-state index contributed by atoms with van der Waals surface area (Å²) in [4.78, 5) is 0. The summed E-state index contributed by atoms with van der Waals surface area (Å²) >= 11 is 1.35. The third kappa shape index (κ3) is 3.13. The smallest absolute Gasteiger partial charge is 0.123 e. The molecule has 0 fully saturated rings. The fourth-order valence-electron chi connectivity index (χ4n) is 0.328. The Morgan fingerprint density at radius 1 is 1.50 bits per heavy atom. The molecule has 0 aromatic carbocycles. The van der Waals surface area contributed by atoms with E-state index in [4.69, 9.17) is 0 Å². The van der Waals surface area contributed by atoms with E-state index in [2.05, 4.69) is 19.1 Å². The maximum absolute atomic E-state index is 4.43. The first-order valence-corrected chi connectivity index (χ1v) is 3.56. The largest absolute Gasteiger partial charge is 0.365 e. The molecule has 0 saturated carbocycles. The predicted octanol–water partition coefficient (Wildman–Crippen LogP) is 1.33. The minimum atomic E-state index is 0.903. The van der Waals surface area contributed by atoms with Crippen LogP contribution in [0.4, 0.5) is 0 Å². The van der Waals surface area contributed by atoms with Crippen LogP contribution in [0.25, 0.3) is 0 Å². The van der Waals surface area contributed by atoms with Gasteiger partial charge in [0.15, 0.2) is 0 Å². The second-order valence-electron chi connectivity index (χ2n) is 1.34. The van der Waals surface area contributed by atoms with Crippen molar-refractivity contribution in [2.75, 3.05) is 5.75 Å². The van der Waals surface area contributed by atoms with E-state index in [1.54, 1.807) is 18.5 Å². The van der Waals surface area contributed by atoms with Crippen molar-refractivity contribution in [1.82, 2.24) is 5.16 Å². The van der Waals surface area contributed by atoms with E-state index < -0.39 is 0 Å². The Labute approximate surface area is 62.4 Å². The molecule has 0 atom stereocenters. The highest BCUT2D eigenvalue weighted by Crippen LogP contribution is 2.04. The number of nitrogens with zero attached hydrogens (tertiary/aromatic N) is 2. The first-order valence-electron chi connectivity index (χ1n) is 2.65. The minimum absolute atomic E-state index is 0.903. The van der Waals surface area contributed by atoms with Gasteiger partial charge in [-0.15, -0.1) is 0 Å². The molecular formula is C5H6N2O2S. The van der Waals surface area contributed by atoms with Gasteiger partial charge in [-0.25, -0.2) is 0 Å². The first kappa shape index (κ1) is 7.14. The Bertz CT molecular complexity index is 153. The Kier molecular flexibility index (Phi) is 3.48. The maximum atomic E-state index is 4.43. The minimum Gasteiger partial charge on any atom is -0.365 e. The van der Waals surface area contributed by atoms with Crippen molar-refractivity contribution in [3.05, 3.63) is 18.5 Å². The summed E-state index contributed by atoms with van der Waals surface area (Å²) in [5.74, 6) is 0.903. The number of aromatic nitrogens is 1. The van der Waals surface area contributed by atoms with Crippen LogP contribution in [0.15, 0.2) is 28.2 Å². The van der Waals surface area contributed by atoms with Crippen molar-refractivity contribution in [2.24, 2.45) is 5.16 Å². The fourth-order valence-corrected chi connectivity index (χ4v) is 0.632. The molecule has 0 N–H and O–H groups in total. The summed E-state index contributed by atoms with van der Waals surface area (Å²) in [7, 11) is 0. The van der Waals surface area contributed by atoms with E-state index in [0.29, 0.717) is 0 Å². The van der Waals surface area contributed by atoms with Crippen molar-refractivity contribution in [3.8, 4) is 0 Å². The van der Waals surface area contributed by atoms with E-state index in [1.807, 2.05) is 0 Å². The lowest BCUT2D eigenvalue weighted by atomic mass is 10.8. The summed E-state index contributed by atoms with van der Waals surface area (Å²) in [5.41, 5.74) is 0. The summed E-state index contributed by atoms with van der Waals surface area (Å²) in [6.45, 7) is 0. The van der Waals surface area contributed by atoms with Gasteiger partial charge in [0, 0.05) is 0 Å². The van der Waals surface area contributed by atoms with Crippen LogP contribution in [0, 0.1) is 0 Å². The monoisotopic (exact) mass is 158 g/mol. The third-order valence-corrected chi connectivity index (χ3v) is 1.14. The van der Waals surface area contributed by atoms with Crippen molar-refractivity contribution < 1.29 is 8.81 Å². The number of rotatable bonds is 0. The van der Waals surface area contributed by atoms with Gasteiger partial charge in [-0.3, -0.25) is 0 Å². The molecule has 1 aliphatic heterocycles. The van der Waals surface area contributed by atoms with Crippen LogP contribution in [-0.2, 0) is 4.28 Å². The Morgan fingerprint density at radius 2 is 2.50 bits per heavy atom. The number of hydrogen-bond acceptors (Lipinski definition) is 5. The van der Waals surface area contributed by atoms with E-state index in [9.17, 15) is 0 Å². The van der Waals surface area contributed by atoms with E-state index in [0.717, 1.165) is 5.75 Å². The first-order chi connectivity index (χ1) is 5.00. The molecule has 0 unspecified atom stereocenters. The van der Waals surface area contributed by atoms with Gasteiger partial charge in [-0.1, -0.05) is 10.3 Å². The van der Waals surface area contributed by atoms with Gasteiger partial charge in [0.05, 0.1) is 30.2 Å². The normalized spacial score (nSPS) is 13.6. The van der Waals surface area contributed by atoms with Crippen molar-refractivity contribution in [1.29, 1.82) is 0 Å². The maximum Gasteiger partial charge on any atom is 0.123 e. The Hall–Kier alpha value is -0.970. The highest BCUT2D eigenvalue weighted by atomic mass is 32.2. The lowest BCUT2D eigenvalue weighted by molar-refractivity contribution is 0.418. The zero-order valence-electron chi connectivity index (χ0n) is 5.14. The van der Waals surface area contributed by atoms with E-state index in [-0.39, 0.29) is 0 Å². The van der Waals surface area contributed by atoms with Gasteiger partial charge in [0.2, 0.25) is 0 Å². The molecule has 4 nitrogen and oxygen atoms in total. The van der Waals surface area contributed by atoms with Crippen molar-refractivity contribution >= 4 is 18.3 Å². The van der Waals surface area contributed by atoms with Gasteiger partial charge in [-0.2, -0.15) is 0 Å². The SMILES string of the molecule is C1=NOSC1.c1cnoc1. The van der Waals surface area contributed by atoms with Crippen molar-refractivity contribution in [3.63, 3.8) is 0 Å². The average Bonchev–Trinajstić information content (AvgIpc) is 2.67. The summed E-state index contributed by atoms with van der Waals surface area (Å²) in [6.07, 6.45) is 4.82. The van der Waals surface area contributed by atoms with Crippen LogP contribution in [0.1, 0.15) is 0 Å². The van der Waals surface area contributed by atoms with Crippen LogP contribution in [0.2, 0.25) is 0 Å². The molecule has 2 heterocycles. The Balaban J connectivity index is 0.0000001000. The molecule has 0 aliphatic carbocycles. The number of hydrogen-bond donors (Lipinski definition) is 0. The quantitative estimate of drug-likeness (QED) is 0.534. The predicted molar refractivity (Wildman–Crippen MR) is 38.5 cm³/mol. The molecule has 54 valence electrons. The van der Waals surface area contributed by atoms with Crippen LogP contribution in [0.3, 0.4) is 0 Å². The lowest BCUT2D eigenvalue weighted by Gasteiger charge is -1.72. The van der Waals surface area contributed by atoms with Gasteiger partial charge < -0.3 is 8.81 Å². The zero-order chi connectivity index (χ0) is 7.07. The van der Waals surface area contributed by atoms with Gasteiger partial charge in [0.25, 0.3) is 0 Å². The summed E-state index contributed by atoms with van der Waals surface area (Å²) < 4.78 is 8.76. The molecule has 0 radical (unpaired) electrons. The fraction of sp³-hybridized carbons (Fsp3) is 0.200. The molecule has 0 bridgehead atoms. The van der Waals surface area contributed by atoms with Crippen molar-refractivity contribution in [2.45, 2.75) is 0 Å². The van der Waals surface area contributed by atoms with Gasteiger partial charge in [-0.05, 0) is 6.07 Å². The topological polar surface area (TPSA) is 47.6 Å². The lowest BCUT2D eigenvalue weighted by Crippen LogP contribution is -1.61. The van der Waals surface area contributed by atoms with Gasteiger partial charge in [0.1, 0.15) is 6.26 Å². The molecule has 1 aromatic rings. The van der Waals surface area contributed by atoms with Gasteiger partial charge >= 0.3 is 0 Å². The van der Waals surface area contributed by atoms with Crippen LogP contribution in [0.5, 0.6) is 0 Å². The molecular weight excluding hydrogens is 152 g/mol. The molecule has 0 amide bonds. The molecule has 1 aromatic heterocycles. The third-order valence-electron chi connectivity index (χ3n) is 0.660. The van der Waals surface area contributed by atoms with E-state index >= 15 is 0 Å². The van der Waals surface area contributed by atoms with Crippen LogP contribution in [-0.4, -0.2) is 17.1 Å². The molecule has 1 aliphatic rings. The summed E-state index contributed by atoms with van der Waals surface area (Å²) in [5, 5.41) is 6.77. The highest BCUT2D eigenvalue weighted by molar-refractivity contribution is 7.95. The van der Waals surface area contributed by atoms with Crippen LogP contribution >= 0.6 is 12.0 Å². The second-order valence-corrected chi connectivity index (χ2v) is 2.05. The molecule has 0 spiro atoms. The zero-order valence-corrected chi connectivity index (χ0v) is 5.95. The Morgan fingerprint density at radius 3 is 2.70 bits per heavy atom. The highest BCUT2D eigenvalue weighted by Gasteiger charge is 1.88. The second kappa shape index (κ2) is 4.87. The molecule has 0 saturated heterocycles. The average molecular weight is 158 g/mol. The van der Waals surface area contributed by atoms with E-state index in [1.165, 1.54) is 18.3 Å².